The minimum Gasteiger partial charge on any atom is -0.383 e. The second-order valence-electron chi connectivity index (χ2n) is 5.53. The summed E-state index contributed by atoms with van der Waals surface area (Å²) in [6.07, 6.45) is 6.99. The van der Waals surface area contributed by atoms with Crippen LogP contribution in [0.15, 0.2) is 12.3 Å². The molecule has 0 radical (unpaired) electrons. The Morgan fingerprint density at radius 2 is 2.11 bits per heavy atom. The first-order chi connectivity index (χ1) is 9.29. The summed E-state index contributed by atoms with van der Waals surface area (Å²) in [5, 5.41) is 3.32. The van der Waals surface area contributed by atoms with Gasteiger partial charge in [-0.3, -0.25) is 0 Å². The largest absolute Gasteiger partial charge is 0.383 e. The van der Waals surface area contributed by atoms with Crippen molar-refractivity contribution in [3.63, 3.8) is 0 Å². The number of hydrogen-bond donors (Lipinski definition) is 1. The maximum atomic E-state index is 5.01. The van der Waals surface area contributed by atoms with Crippen LogP contribution in [0.1, 0.15) is 50.0 Å². The Kier molecular flexibility index (Phi) is 5.73. The molecule has 0 aromatic carbocycles. The lowest BCUT2D eigenvalue weighted by Crippen LogP contribution is -2.20. The third-order valence-electron chi connectivity index (χ3n) is 3.90. The molecule has 106 valence electrons. The molecule has 0 aliphatic heterocycles. The number of hydrogen-bond acceptors (Lipinski definition) is 4. The first-order valence-electron chi connectivity index (χ1n) is 7.31. The second-order valence-corrected chi connectivity index (χ2v) is 5.53. The summed E-state index contributed by atoms with van der Waals surface area (Å²) < 4.78 is 5.01. The SMILES string of the molecule is COCCNCc1ccnc(C2CCC(C)CC2)n1. The van der Waals surface area contributed by atoms with E-state index in [1.807, 2.05) is 12.3 Å². The van der Waals surface area contributed by atoms with E-state index in [2.05, 4.69) is 17.2 Å². The van der Waals surface area contributed by atoms with Crippen LogP contribution in [-0.4, -0.2) is 30.2 Å². The van der Waals surface area contributed by atoms with Crippen LogP contribution in [0.4, 0.5) is 0 Å². The van der Waals surface area contributed by atoms with E-state index in [1.165, 1.54) is 25.7 Å². The Hall–Kier alpha value is -1.00. The van der Waals surface area contributed by atoms with Gasteiger partial charge in [0, 0.05) is 32.3 Å². The molecule has 0 spiro atoms. The third kappa shape index (κ3) is 4.55. The predicted octanol–water partition coefficient (Wildman–Crippen LogP) is 2.51. The average molecular weight is 263 g/mol. The lowest BCUT2D eigenvalue weighted by Gasteiger charge is -2.25. The number of aromatic nitrogens is 2. The summed E-state index contributed by atoms with van der Waals surface area (Å²) in [5.41, 5.74) is 1.08. The van der Waals surface area contributed by atoms with Gasteiger partial charge in [0.2, 0.25) is 0 Å². The smallest absolute Gasteiger partial charge is 0.131 e. The Labute approximate surface area is 116 Å². The second kappa shape index (κ2) is 7.56. The summed E-state index contributed by atoms with van der Waals surface area (Å²) >= 11 is 0. The summed E-state index contributed by atoms with van der Waals surface area (Å²) in [7, 11) is 1.72. The Bertz CT molecular complexity index is 375. The average Bonchev–Trinajstić information content (AvgIpc) is 2.45. The fourth-order valence-electron chi connectivity index (χ4n) is 2.62. The highest BCUT2D eigenvalue weighted by Crippen LogP contribution is 2.33. The fourth-order valence-corrected chi connectivity index (χ4v) is 2.62. The maximum absolute atomic E-state index is 5.01. The predicted molar refractivity (Wildman–Crippen MR) is 76.0 cm³/mol. The van der Waals surface area contributed by atoms with Gasteiger partial charge in [0.25, 0.3) is 0 Å². The van der Waals surface area contributed by atoms with E-state index < -0.39 is 0 Å². The van der Waals surface area contributed by atoms with E-state index in [-0.39, 0.29) is 0 Å². The number of nitrogens with zero attached hydrogens (tertiary/aromatic N) is 2. The molecule has 0 unspecified atom stereocenters. The van der Waals surface area contributed by atoms with E-state index in [0.717, 1.165) is 37.1 Å². The zero-order valence-corrected chi connectivity index (χ0v) is 12.1. The molecule has 0 bridgehead atoms. The molecule has 1 aliphatic carbocycles. The van der Waals surface area contributed by atoms with Gasteiger partial charge in [0.05, 0.1) is 12.3 Å². The number of rotatable bonds is 6. The minimum absolute atomic E-state index is 0.565. The van der Waals surface area contributed by atoms with Crippen molar-refractivity contribution in [2.75, 3.05) is 20.3 Å². The lowest BCUT2D eigenvalue weighted by atomic mass is 9.82. The number of methoxy groups -OCH3 is 1. The highest BCUT2D eigenvalue weighted by Gasteiger charge is 2.21. The van der Waals surface area contributed by atoms with Gasteiger partial charge in [-0.1, -0.05) is 19.8 Å². The van der Waals surface area contributed by atoms with Crippen molar-refractivity contribution in [1.29, 1.82) is 0 Å². The van der Waals surface area contributed by atoms with E-state index in [0.29, 0.717) is 5.92 Å². The molecule has 0 saturated heterocycles. The van der Waals surface area contributed by atoms with Crippen LogP contribution in [0.25, 0.3) is 0 Å². The van der Waals surface area contributed by atoms with Gasteiger partial charge in [-0.05, 0) is 24.8 Å². The van der Waals surface area contributed by atoms with E-state index >= 15 is 0 Å². The monoisotopic (exact) mass is 263 g/mol. The highest BCUT2D eigenvalue weighted by atomic mass is 16.5. The zero-order chi connectivity index (χ0) is 13.5. The molecular weight excluding hydrogens is 238 g/mol. The molecule has 1 saturated carbocycles. The van der Waals surface area contributed by atoms with Crippen molar-refractivity contribution in [2.24, 2.45) is 5.92 Å². The van der Waals surface area contributed by atoms with Crippen molar-refractivity contribution >= 4 is 0 Å². The molecule has 0 amide bonds. The number of ether oxygens (including phenoxy) is 1. The molecule has 1 N–H and O–H groups in total. The third-order valence-corrected chi connectivity index (χ3v) is 3.90. The van der Waals surface area contributed by atoms with Crippen LogP contribution in [0.2, 0.25) is 0 Å². The molecule has 1 fully saturated rings. The minimum atomic E-state index is 0.565. The topological polar surface area (TPSA) is 47.0 Å². The van der Waals surface area contributed by atoms with E-state index in [1.54, 1.807) is 7.11 Å². The maximum Gasteiger partial charge on any atom is 0.131 e. The van der Waals surface area contributed by atoms with Gasteiger partial charge in [0.15, 0.2) is 0 Å². The Morgan fingerprint density at radius 3 is 2.84 bits per heavy atom. The zero-order valence-electron chi connectivity index (χ0n) is 12.1. The van der Waals surface area contributed by atoms with Gasteiger partial charge >= 0.3 is 0 Å². The normalized spacial score (nSPS) is 23.5. The summed E-state index contributed by atoms with van der Waals surface area (Å²) in [5.74, 6) is 2.48. The first-order valence-corrected chi connectivity index (χ1v) is 7.31. The molecule has 2 rings (SSSR count). The summed E-state index contributed by atoms with van der Waals surface area (Å²) in [6, 6.07) is 1.99. The van der Waals surface area contributed by atoms with Crippen molar-refractivity contribution in [3.8, 4) is 0 Å². The van der Waals surface area contributed by atoms with Gasteiger partial charge < -0.3 is 10.1 Å². The first kappa shape index (κ1) is 14.4. The van der Waals surface area contributed by atoms with Crippen molar-refractivity contribution in [3.05, 3.63) is 23.8 Å². The Balaban J connectivity index is 1.87. The van der Waals surface area contributed by atoms with Gasteiger partial charge in [-0.25, -0.2) is 9.97 Å². The van der Waals surface area contributed by atoms with Gasteiger partial charge in [-0.2, -0.15) is 0 Å². The van der Waals surface area contributed by atoms with Crippen LogP contribution in [0.5, 0.6) is 0 Å². The summed E-state index contributed by atoms with van der Waals surface area (Å²) in [6.45, 7) is 4.73. The molecule has 19 heavy (non-hydrogen) atoms. The highest BCUT2D eigenvalue weighted by molar-refractivity contribution is 5.06. The molecule has 1 heterocycles. The van der Waals surface area contributed by atoms with Crippen LogP contribution >= 0.6 is 0 Å². The van der Waals surface area contributed by atoms with Gasteiger partial charge in [-0.15, -0.1) is 0 Å². The molecule has 1 aliphatic rings. The van der Waals surface area contributed by atoms with Gasteiger partial charge in [0.1, 0.15) is 5.82 Å². The standard InChI is InChI=1S/C15H25N3O/c1-12-3-5-13(6-4-12)15-17-8-7-14(18-15)11-16-9-10-19-2/h7-8,12-13,16H,3-6,9-11H2,1-2H3. The fraction of sp³-hybridized carbons (Fsp3) is 0.733. The van der Waals surface area contributed by atoms with E-state index in [9.17, 15) is 0 Å². The van der Waals surface area contributed by atoms with Crippen molar-refractivity contribution < 1.29 is 4.74 Å². The molecule has 4 heteroatoms. The van der Waals surface area contributed by atoms with Crippen LogP contribution in [0.3, 0.4) is 0 Å². The summed E-state index contributed by atoms with van der Waals surface area (Å²) in [4.78, 5) is 9.17. The molecular formula is C15H25N3O. The molecule has 1 aromatic rings. The van der Waals surface area contributed by atoms with Crippen molar-refractivity contribution in [1.82, 2.24) is 15.3 Å². The quantitative estimate of drug-likeness (QED) is 0.801. The number of nitrogens with one attached hydrogen (secondary N) is 1. The van der Waals surface area contributed by atoms with E-state index in [4.69, 9.17) is 9.72 Å². The van der Waals surface area contributed by atoms with Crippen molar-refractivity contribution in [2.45, 2.75) is 45.1 Å². The molecule has 0 atom stereocenters. The van der Waals surface area contributed by atoms with Crippen LogP contribution in [-0.2, 0) is 11.3 Å². The molecule has 1 aromatic heterocycles. The lowest BCUT2D eigenvalue weighted by molar-refractivity contribution is 0.199. The Morgan fingerprint density at radius 1 is 1.32 bits per heavy atom. The molecule has 4 nitrogen and oxygen atoms in total. The van der Waals surface area contributed by atoms with Crippen LogP contribution in [0, 0.1) is 5.92 Å². The van der Waals surface area contributed by atoms with Crippen LogP contribution < -0.4 is 5.32 Å².